The molecule has 20 heavy (non-hydrogen) atoms. The minimum absolute atomic E-state index is 0.359. The van der Waals surface area contributed by atoms with Crippen molar-refractivity contribution < 1.29 is 4.52 Å². The lowest BCUT2D eigenvalue weighted by molar-refractivity contribution is 0.376. The molecule has 0 aliphatic heterocycles. The standard InChI is InChI=1S/C14H20N4OS/c1-10(2)13-8-11(19-18-13)9-17-14(15)16-6-5-12-4-3-7-20-12/h3-4,7-8,10H,5-6,9H2,1-2H3,(H3,15,16,17). The van der Waals surface area contributed by atoms with Gasteiger partial charge in [0.15, 0.2) is 11.7 Å². The van der Waals surface area contributed by atoms with E-state index >= 15 is 0 Å². The normalized spacial score (nSPS) is 12.1. The van der Waals surface area contributed by atoms with Crippen LogP contribution < -0.4 is 11.1 Å². The van der Waals surface area contributed by atoms with Gasteiger partial charge in [-0.05, 0) is 23.8 Å². The van der Waals surface area contributed by atoms with Gasteiger partial charge in [-0.3, -0.25) is 0 Å². The molecule has 3 N–H and O–H groups in total. The molecule has 2 heterocycles. The number of hydrogen-bond acceptors (Lipinski definition) is 4. The zero-order chi connectivity index (χ0) is 14.4. The molecule has 0 aliphatic rings. The van der Waals surface area contributed by atoms with Crippen LogP contribution in [0, 0.1) is 0 Å². The second-order valence-corrected chi connectivity index (χ2v) is 5.86. The van der Waals surface area contributed by atoms with Gasteiger partial charge in [-0.25, -0.2) is 4.99 Å². The van der Waals surface area contributed by atoms with Gasteiger partial charge in [-0.15, -0.1) is 11.3 Å². The maximum absolute atomic E-state index is 5.81. The minimum Gasteiger partial charge on any atom is -0.370 e. The molecule has 2 aromatic rings. The Balaban J connectivity index is 1.75. The lowest BCUT2D eigenvalue weighted by Crippen LogP contribution is -2.33. The Bertz CT molecular complexity index is 545. The van der Waals surface area contributed by atoms with Crippen LogP contribution in [0.5, 0.6) is 0 Å². The van der Waals surface area contributed by atoms with E-state index in [2.05, 4.69) is 40.8 Å². The van der Waals surface area contributed by atoms with Crippen molar-refractivity contribution in [3.63, 3.8) is 0 Å². The van der Waals surface area contributed by atoms with Gasteiger partial charge in [-0.2, -0.15) is 0 Å². The second kappa shape index (κ2) is 7.09. The number of guanidine groups is 1. The van der Waals surface area contributed by atoms with Gasteiger partial charge in [0.2, 0.25) is 0 Å². The topological polar surface area (TPSA) is 76.4 Å². The summed E-state index contributed by atoms with van der Waals surface area (Å²) in [6.07, 6.45) is 0.952. The smallest absolute Gasteiger partial charge is 0.189 e. The maximum atomic E-state index is 5.81. The summed E-state index contributed by atoms with van der Waals surface area (Å²) in [6.45, 7) is 5.35. The third-order valence-corrected chi connectivity index (χ3v) is 3.77. The van der Waals surface area contributed by atoms with Crippen LogP contribution in [-0.2, 0) is 13.0 Å². The molecular formula is C14H20N4OS. The Morgan fingerprint density at radius 3 is 3.05 bits per heavy atom. The molecule has 2 aromatic heterocycles. The van der Waals surface area contributed by atoms with Gasteiger partial charge in [0.1, 0.15) is 6.54 Å². The molecule has 108 valence electrons. The summed E-state index contributed by atoms with van der Waals surface area (Å²) >= 11 is 1.75. The number of aliphatic imine (C=N–C) groups is 1. The van der Waals surface area contributed by atoms with Crippen molar-refractivity contribution in [2.45, 2.75) is 32.7 Å². The van der Waals surface area contributed by atoms with E-state index in [0.717, 1.165) is 24.4 Å². The second-order valence-electron chi connectivity index (χ2n) is 4.83. The summed E-state index contributed by atoms with van der Waals surface area (Å²) < 4.78 is 5.20. The van der Waals surface area contributed by atoms with Crippen LogP contribution >= 0.6 is 11.3 Å². The highest BCUT2D eigenvalue weighted by atomic mass is 32.1. The van der Waals surface area contributed by atoms with E-state index in [9.17, 15) is 0 Å². The van der Waals surface area contributed by atoms with Gasteiger partial charge in [0.25, 0.3) is 0 Å². The maximum Gasteiger partial charge on any atom is 0.189 e. The summed E-state index contributed by atoms with van der Waals surface area (Å²) in [5.41, 5.74) is 6.75. The zero-order valence-corrected chi connectivity index (χ0v) is 12.6. The quantitative estimate of drug-likeness (QED) is 0.633. The fourth-order valence-corrected chi connectivity index (χ4v) is 2.37. The molecule has 2 rings (SSSR count). The summed E-state index contributed by atoms with van der Waals surface area (Å²) in [6, 6.07) is 6.09. The number of hydrogen-bond donors (Lipinski definition) is 2. The largest absolute Gasteiger partial charge is 0.370 e. The average molecular weight is 292 g/mol. The van der Waals surface area contributed by atoms with Crippen molar-refractivity contribution in [1.29, 1.82) is 0 Å². The molecule has 0 saturated carbocycles. The fourth-order valence-electron chi connectivity index (χ4n) is 1.66. The highest BCUT2D eigenvalue weighted by Crippen LogP contribution is 2.14. The van der Waals surface area contributed by atoms with Crippen LogP contribution in [0.15, 0.2) is 33.1 Å². The lowest BCUT2D eigenvalue weighted by atomic mass is 10.1. The molecule has 0 fully saturated rings. The van der Waals surface area contributed by atoms with Crippen molar-refractivity contribution in [3.05, 3.63) is 39.9 Å². The molecule has 0 atom stereocenters. The molecule has 0 bridgehead atoms. The molecule has 0 aromatic carbocycles. The molecular weight excluding hydrogens is 272 g/mol. The first kappa shape index (κ1) is 14.6. The van der Waals surface area contributed by atoms with E-state index < -0.39 is 0 Å². The van der Waals surface area contributed by atoms with Crippen LogP contribution in [0.1, 0.15) is 36.1 Å². The van der Waals surface area contributed by atoms with E-state index in [-0.39, 0.29) is 0 Å². The lowest BCUT2D eigenvalue weighted by Gasteiger charge is -2.03. The molecule has 0 saturated heterocycles. The molecule has 0 spiro atoms. The molecule has 0 radical (unpaired) electrons. The number of thiophene rings is 1. The van der Waals surface area contributed by atoms with Crippen molar-refractivity contribution >= 4 is 17.3 Å². The Hall–Kier alpha value is -1.82. The SMILES string of the molecule is CC(C)c1cc(CN=C(N)NCCc2cccs2)on1. The van der Waals surface area contributed by atoms with Gasteiger partial charge >= 0.3 is 0 Å². The molecule has 6 heteroatoms. The van der Waals surface area contributed by atoms with Gasteiger partial charge in [-0.1, -0.05) is 25.1 Å². The number of nitrogens with zero attached hydrogens (tertiary/aromatic N) is 2. The average Bonchev–Trinajstić information content (AvgIpc) is 3.07. The first-order valence-corrected chi connectivity index (χ1v) is 7.55. The Morgan fingerprint density at radius 1 is 1.55 bits per heavy atom. The van der Waals surface area contributed by atoms with E-state index in [1.54, 1.807) is 11.3 Å². The number of rotatable bonds is 6. The van der Waals surface area contributed by atoms with Crippen molar-refractivity contribution in [3.8, 4) is 0 Å². The number of nitrogens with two attached hydrogens (primary N) is 1. The minimum atomic E-state index is 0.359. The molecule has 0 unspecified atom stereocenters. The predicted molar refractivity (Wildman–Crippen MR) is 81.9 cm³/mol. The zero-order valence-electron chi connectivity index (χ0n) is 11.8. The van der Waals surface area contributed by atoms with E-state index in [1.807, 2.05) is 12.1 Å². The van der Waals surface area contributed by atoms with Crippen molar-refractivity contribution in [1.82, 2.24) is 10.5 Å². The van der Waals surface area contributed by atoms with Crippen molar-refractivity contribution in [2.24, 2.45) is 10.7 Å². The van der Waals surface area contributed by atoms with Gasteiger partial charge in [0.05, 0.1) is 5.69 Å². The van der Waals surface area contributed by atoms with Gasteiger partial charge in [0, 0.05) is 17.5 Å². The summed E-state index contributed by atoms with van der Waals surface area (Å²) in [7, 11) is 0. The predicted octanol–water partition coefficient (Wildman–Crippen LogP) is 2.51. The van der Waals surface area contributed by atoms with E-state index in [0.29, 0.717) is 18.4 Å². The molecule has 0 amide bonds. The Morgan fingerprint density at radius 2 is 2.40 bits per heavy atom. The first-order chi connectivity index (χ1) is 9.65. The Kier molecular flexibility index (Phi) is 5.17. The van der Waals surface area contributed by atoms with Crippen LogP contribution in [0.25, 0.3) is 0 Å². The third kappa shape index (κ3) is 4.38. The van der Waals surface area contributed by atoms with Crippen LogP contribution in [0.2, 0.25) is 0 Å². The Labute approximate surface area is 122 Å². The monoisotopic (exact) mass is 292 g/mol. The highest BCUT2D eigenvalue weighted by Gasteiger charge is 2.06. The summed E-state index contributed by atoms with van der Waals surface area (Å²) in [5.74, 6) is 1.53. The highest BCUT2D eigenvalue weighted by molar-refractivity contribution is 7.09. The number of nitrogens with one attached hydrogen (secondary N) is 1. The first-order valence-electron chi connectivity index (χ1n) is 6.67. The third-order valence-electron chi connectivity index (χ3n) is 2.83. The molecule has 5 nitrogen and oxygen atoms in total. The number of aromatic nitrogens is 1. The van der Waals surface area contributed by atoms with E-state index in [4.69, 9.17) is 10.3 Å². The van der Waals surface area contributed by atoms with Crippen LogP contribution in [-0.4, -0.2) is 17.7 Å². The van der Waals surface area contributed by atoms with Crippen LogP contribution in [0.4, 0.5) is 0 Å². The van der Waals surface area contributed by atoms with E-state index in [1.165, 1.54) is 4.88 Å². The summed E-state index contributed by atoms with van der Waals surface area (Å²) in [5, 5.41) is 9.15. The van der Waals surface area contributed by atoms with Crippen molar-refractivity contribution in [2.75, 3.05) is 6.54 Å². The van der Waals surface area contributed by atoms with Gasteiger partial charge < -0.3 is 15.6 Å². The summed E-state index contributed by atoms with van der Waals surface area (Å²) in [4.78, 5) is 5.57. The van der Waals surface area contributed by atoms with Crippen LogP contribution in [0.3, 0.4) is 0 Å². The molecule has 0 aliphatic carbocycles. The fraction of sp³-hybridized carbons (Fsp3) is 0.429.